The van der Waals surface area contributed by atoms with Crippen LogP contribution in [0, 0.1) is 0 Å². The number of anilines is 2. The molecule has 0 saturated carbocycles. The van der Waals surface area contributed by atoms with Gasteiger partial charge in [0.05, 0.1) is 0 Å². The summed E-state index contributed by atoms with van der Waals surface area (Å²) in [7, 11) is 0. The van der Waals surface area contributed by atoms with Crippen LogP contribution in [-0.4, -0.2) is 18.1 Å². The van der Waals surface area contributed by atoms with Gasteiger partial charge < -0.3 is 10.2 Å². The summed E-state index contributed by atoms with van der Waals surface area (Å²) >= 11 is 1.80. The molecule has 0 radical (unpaired) electrons. The van der Waals surface area contributed by atoms with E-state index in [2.05, 4.69) is 53.3 Å². The first-order chi connectivity index (χ1) is 9.79. The molecule has 1 aliphatic heterocycles. The number of fused-ring (bicyclic) bond motifs is 1. The molecule has 0 fully saturated rings. The second-order valence-corrected chi connectivity index (χ2v) is 6.29. The standard InChI is InChI=1S/C16H21N3S/c1-3-9-17-12(2)15-11-18-16(20-15)19-10-8-13-6-4-5-7-14(13)19/h4-7,11-12,17H,3,8-10H2,1-2H3. The van der Waals surface area contributed by atoms with Crippen LogP contribution in [0.4, 0.5) is 10.8 Å². The van der Waals surface area contributed by atoms with Crippen LogP contribution in [0.5, 0.6) is 0 Å². The van der Waals surface area contributed by atoms with Crippen molar-refractivity contribution in [2.24, 2.45) is 0 Å². The number of para-hydroxylation sites is 1. The molecule has 0 saturated heterocycles. The van der Waals surface area contributed by atoms with Gasteiger partial charge in [-0.2, -0.15) is 0 Å². The lowest BCUT2D eigenvalue weighted by molar-refractivity contribution is 0.577. The first-order valence-corrected chi connectivity index (χ1v) is 8.15. The van der Waals surface area contributed by atoms with Crippen LogP contribution in [0.25, 0.3) is 0 Å². The van der Waals surface area contributed by atoms with Crippen molar-refractivity contribution in [3.63, 3.8) is 0 Å². The fraction of sp³-hybridized carbons (Fsp3) is 0.438. The van der Waals surface area contributed by atoms with Gasteiger partial charge in [0.25, 0.3) is 0 Å². The molecule has 1 aromatic carbocycles. The van der Waals surface area contributed by atoms with E-state index in [-0.39, 0.29) is 0 Å². The molecule has 2 heterocycles. The molecular weight excluding hydrogens is 266 g/mol. The van der Waals surface area contributed by atoms with E-state index in [0.717, 1.165) is 31.1 Å². The van der Waals surface area contributed by atoms with Crippen molar-refractivity contribution in [2.45, 2.75) is 32.7 Å². The van der Waals surface area contributed by atoms with Gasteiger partial charge in [-0.3, -0.25) is 0 Å². The quantitative estimate of drug-likeness (QED) is 0.904. The summed E-state index contributed by atoms with van der Waals surface area (Å²) in [6.07, 6.45) is 4.30. The lowest BCUT2D eigenvalue weighted by atomic mass is 10.2. The third kappa shape index (κ3) is 2.58. The molecule has 1 N–H and O–H groups in total. The number of hydrogen-bond acceptors (Lipinski definition) is 4. The van der Waals surface area contributed by atoms with Gasteiger partial charge in [0.2, 0.25) is 0 Å². The maximum absolute atomic E-state index is 4.63. The Morgan fingerprint density at radius 3 is 3.10 bits per heavy atom. The molecule has 2 aromatic rings. The Kier molecular flexibility index (Phi) is 4.03. The number of nitrogens with zero attached hydrogens (tertiary/aromatic N) is 2. The van der Waals surface area contributed by atoms with Crippen molar-refractivity contribution < 1.29 is 0 Å². The second-order valence-electron chi connectivity index (χ2n) is 5.25. The van der Waals surface area contributed by atoms with Crippen molar-refractivity contribution in [1.82, 2.24) is 10.3 Å². The molecule has 1 aromatic heterocycles. The maximum Gasteiger partial charge on any atom is 0.190 e. The molecule has 0 amide bonds. The average Bonchev–Trinajstić information content (AvgIpc) is 3.10. The summed E-state index contributed by atoms with van der Waals surface area (Å²) in [6, 6.07) is 9.03. The zero-order valence-corrected chi connectivity index (χ0v) is 12.9. The van der Waals surface area contributed by atoms with Gasteiger partial charge in [0.15, 0.2) is 5.13 Å². The number of hydrogen-bond donors (Lipinski definition) is 1. The molecule has 0 aliphatic carbocycles. The topological polar surface area (TPSA) is 28.2 Å². The lowest BCUT2D eigenvalue weighted by Gasteiger charge is -2.15. The Balaban J connectivity index is 1.78. The molecule has 0 bridgehead atoms. The Morgan fingerprint density at radius 2 is 2.25 bits per heavy atom. The van der Waals surface area contributed by atoms with E-state index < -0.39 is 0 Å². The van der Waals surface area contributed by atoms with E-state index in [1.165, 1.54) is 16.1 Å². The molecule has 1 unspecified atom stereocenters. The Labute approximate surface area is 124 Å². The molecule has 106 valence electrons. The van der Waals surface area contributed by atoms with Gasteiger partial charge in [-0.15, -0.1) is 0 Å². The minimum Gasteiger partial charge on any atom is -0.317 e. The number of rotatable bonds is 5. The van der Waals surface area contributed by atoms with Crippen LogP contribution >= 0.6 is 11.3 Å². The molecule has 3 nitrogen and oxygen atoms in total. The Morgan fingerprint density at radius 1 is 1.40 bits per heavy atom. The van der Waals surface area contributed by atoms with E-state index in [1.54, 1.807) is 11.3 Å². The van der Waals surface area contributed by atoms with Crippen LogP contribution < -0.4 is 10.2 Å². The molecule has 1 atom stereocenters. The maximum atomic E-state index is 4.63. The summed E-state index contributed by atoms with van der Waals surface area (Å²) in [5.41, 5.74) is 2.75. The van der Waals surface area contributed by atoms with Gasteiger partial charge in [-0.05, 0) is 37.9 Å². The van der Waals surface area contributed by atoms with Crippen molar-refractivity contribution in [3.8, 4) is 0 Å². The molecule has 4 heteroatoms. The van der Waals surface area contributed by atoms with Crippen molar-refractivity contribution in [3.05, 3.63) is 40.9 Å². The van der Waals surface area contributed by atoms with Gasteiger partial charge in [-0.25, -0.2) is 4.98 Å². The monoisotopic (exact) mass is 287 g/mol. The highest BCUT2D eigenvalue weighted by Gasteiger charge is 2.22. The van der Waals surface area contributed by atoms with Gasteiger partial charge in [-0.1, -0.05) is 36.5 Å². The first kappa shape index (κ1) is 13.6. The molecule has 1 aliphatic rings. The summed E-state index contributed by atoms with van der Waals surface area (Å²) in [5.74, 6) is 0. The largest absolute Gasteiger partial charge is 0.317 e. The highest BCUT2D eigenvalue weighted by atomic mass is 32.1. The van der Waals surface area contributed by atoms with E-state index >= 15 is 0 Å². The number of benzene rings is 1. The van der Waals surface area contributed by atoms with Crippen molar-refractivity contribution >= 4 is 22.2 Å². The SMILES string of the molecule is CCCNC(C)c1cnc(N2CCc3ccccc32)s1. The van der Waals surface area contributed by atoms with Gasteiger partial charge >= 0.3 is 0 Å². The average molecular weight is 287 g/mol. The molecule has 0 spiro atoms. The third-order valence-electron chi connectivity index (χ3n) is 3.76. The highest BCUT2D eigenvalue weighted by Crippen LogP contribution is 2.37. The summed E-state index contributed by atoms with van der Waals surface area (Å²) in [5, 5.41) is 4.64. The van der Waals surface area contributed by atoms with Crippen LogP contribution in [0.15, 0.2) is 30.5 Å². The number of aromatic nitrogens is 1. The lowest BCUT2D eigenvalue weighted by Crippen LogP contribution is -2.18. The second kappa shape index (κ2) is 5.94. The van der Waals surface area contributed by atoms with Crippen LogP contribution in [-0.2, 0) is 6.42 Å². The van der Waals surface area contributed by atoms with E-state index in [9.17, 15) is 0 Å². The van der Waals surface area contributed by atoms with E-state index in [1.807, 2.05) is 6.20 Å². The van der Waals surface area contributed by atoms with Crippen LogP contribution in [0.1, 0.15) is 36.8 Å². The number of nitrogens with one attached hydrogen (secondary N) is 1. The minimum absolute atomic E-state index is 0.388. The first-order valence-electron chi connectivity index (χ1n) is 7.34. The highest BCUT2D eigenvalue weighted by molar-refractivity contribution is 7.15. The zero-order valence-electron chi connectivity index (χ0n) is 12.1. The smallest absolute Gasteiger partial charge is 0.190 e. The number of thiazole rings is 1. The van der Waals surface area contributed by atoms with Crippen LogP contribution in [0.3, 0.4) is 0 Å². The van der Waals surface area contributed by atoms with Gasteiger partial charge in [0.1, 0.15) is 0 Å². The fourth-order valence-electron chi connectivity index (χ4n) is 2.60. The third-order valence-corrected chi connectivity index (χ3v) is 4.96. The Bertz CT molecular complexity index is 579. The molecule has 3 rings (SSSR count). The summed E-state index contributed by atoms with van der Waals surface area (Å²) in [6.45, 7) is 6.51. The summed E-state index contributed by atoms with van der Waals surface area (Å²) in [4.78, 5) is 8.29. The summed E-state index contributed by atoms with van der Waals surface area (Å²) < 4.78 is 0. The zero-order chi connectivity index (χ0) is 13.9. The van der Waals surface area contributed by atoms with E-state index in [0.29, 0.717) is 6.04 Å². The predicted molar refractivity (Wildman–Crippen MR) is 86.0 cm³/mol. The molecule has 20 heavy (non-hydrogen) atoms. The van der Waals surface area contributed by atoms with Crippen molar-refractivity contribution in [2.75, 3.05) is 18.0 Å². The van der Waals surface area contributed by atoms with Gasteiger partial charge in [0, 0.05) is 29.3 Å². The molecular formula is C16H21N3S. The minimum atomic E-state index is 0.388. The fourth-order valence-corrected chi connectivity index (χ4v) is 3.58. The Hall–Kier alpha value is -1.39. The van der Waals surface area contributed by atoms with E-state index in [4.69, 9.17) is 0 Å². The van der Waals surface area contributed by atoms with Crippen molar-refractivity contribution in [1.29, 1.82) is 0 Å². The predicted octanol–water partition coefficient (Wildman–Crippen LogP) is 3.90. The normalized spacial score (nSPS) is 15.4. The van der Waals surface area contributed by atoms with Crippen LogP contribution in [0.2, 0.25) is 0 Å².